The summed E-state index contributed by atoms with van der Waals surface area (Å²) in [6.07, 6.45) is 2.17. The molecule has 0 aliphatic carbocycles. The molecular formula is C17H29N3O. The third kappa shape index (κ3) is 4.68. The van der Waals surface area contributed by atoms with Gasteiger partial charge in [-0.25, -0.2) is 4.98 Å². The quantitative estimate of drug-likeness (QED) is 0.874. The number of aryl methyl sites for hydroxylation is 1. The summed E-state index contributed by atoms with van der Waals surface area (Å²) in [7, 11) is 0. The van der Waals surface area contributed by atoms with Crippen LogP contribution in [-0.4, -0.2) is 36.8 Å². The Morgan fingerprint density at radius 1 is 1.43 bits per heavy atom. The van der Waals surface area contributed by atoms with Crippen LogP contribution in [0, 0.1) is 0 Å². The summed E-state index contributed by atoms with van der Waals surface area (Å²) in [5.74, 6) is 1.11. The van der Waals surface area contributed by atoms with Crippen molar-refractivity contribution in [1.29, 1.82) is 0 Å². The third-order valence-corrected chi connectivity index (χ3v) is 3.81. The number of nitrogens with one attached hydrogen (secondary N) is 1. The Labute approximate surface area is 128 Å². The largest absolute Gasteiger partial charge is 0.377 e. The van der Waals surface area contributed by atoms with E-state index in [1.54, 1.807) is 0 Å². The van der Waals surface area contributed by atoms with E-state index in [9.17, 15) is 0 Å². The second-order valence-corrected chi connectivity index (χ2v) is 6.23. The molecule has 2 heterocycles. The number of hydrogen-bond donors (Lipinski definition) is 1. The first-order valence-corrected chi connectivity index (χ1v) is 8.17. The highest BCUT2D eigenvalue weighted by molar-refractivity contribution is 5.44. The van der Waals surface area contributed by atoms with Crippen LogP contribution < -0.4 is 10.2 Å². The van der Waals surface area contributed by atoms with E-state index in [1.807, 2.05) is 0 Å². The van der Waals surface area contributed by atoms with Crippen LogP contribution in [0.25, 0.3) is 0 Å². The van der Waals surface area contributed by atoms with Crippen molar-refractivity contribution in [3.05, 3.63) is 23.4 Å². The summed E-state index contributed by atoms with van der Waals surface area (Å²) in [5.41, 5.74) is 2.53. The van der Waals surface area contributed by atoms with Gasteiger partial charge in [-0.2, -0.15) is 0 Å². The van der Waals surface area contributed by atoms with E-state index in [0.717, 1.165) is 45.0 Å². The Bertz CT molecular complexity index is 448. The second kappa shape index (κ2) is 7.76. The normalized spacial score (nSPS) is 19.3. The fourth-order valence-electron chi connectivity index (χ4n) is 2.66. The van der Waals surface area contributed by atoms with Gasteiger partial charge in [0.2, 0.25) is 0 Å². The standard InChI is InChI=1S/C17H29N3O/c1-5-6-16-9-15(11-18-13(2)3)10-17(19-16)20-7-8-21-12-14(20)4/h9-10,13-14,18H,5-8,11-12H2,1-4H3. The molecule has 1 aliphatic heterocycles. The Hall–Kier alpha value is -1.13. The lowest BCUT2D eigenvalue weighted by atomic mass is 10.1. The number of pyridine rings is 1. The fraction of sp³-hybridized carbons (Fsp3) is 0.706. The van der Waals surface area contributed by atoms with Crippen molar-refractivity contribution in [1.82, 2.24) is 10.3 Å². The van der Waals surface area contributed by atoms with Gasteiger partial charge < -0.3 is 15.0 Å². The highest BCUT2D eigenvalue weighted by Gasteiger charge is 2.20. The smallest absolute Gasteiger partial charge is 0.129 e. The maximum Gasteiger partial charge on any atom is 0.129 e. The fourth-order valence-corrected chi connectivity index (χ4v) is 2.66. The third-order valence-electron chi connectivity index (χ3n) is 3.81. The Morgan fingerprint density at radius 2 is 2.24 bits per heavy atom. The predicted octanol–water partition coefficient (Wildman–Crippen LogP) is 2.76. The SMILES string of the molecule is CCCc1cc(CNC(C)C)cc(N2CCOCC2C)n1. The van der Waals surface area contributed by atoms with E-state index >= 15 is 0 Å². The van der Waals surface area contributed by atoms with Gasteiger partial charge in [0, 0.05) is 24.8 Å². The molecule has 1 unspecified atom stereocenters. The number of morpholine rings is 1. The molecule has 0 radical (unpaired) electrons. The molecule has 1 N–H and O–H groups in total. The first-order valence-electron chi connectivity index (χ1n) is 8.17. The highest BCUT2D eigenvalue weighted by atomic mass is 16.5. The van der Waals surface area contributed by atoms with Gasteiger partial charge in [-0.3, -0.25) is 0 Å². The molecular weight excluding hydrogens is 262 g/mol. The predicted molar refractivity (Wildman–Crippen MR) is 87.8 cm³/mol. The second-order valence-electron chi connectivity index (χ2n) is 6.23. The van der Waals surface area contributed by atoms with Crippen LogP contribution in [0.15, 0.2) is 12.1 Å². The van der Waals surface area contributed by atoms with Gasteiger partial charge in [0.05, 0.1) is 19.3 Å². The summed E-state index contributed by atoms with van der Waals surface area (Å²) < 4.78 is 5.54. The number of nitrogens with zero attached hydrogens (tertiary/aromatic N) is 2. The maximum absolute atomic E-state index is 5.54. The van der Waals surface area contributed by atoms with E-state index < -0.39 is 0 Å². The van der Waals surface area contributed by atoms with Crippen LogP contribution in [0.3, 0.4) is 0 Å². The van der Waals surface area contributed by atoms with Crippen LogP contribution in [0.5, 0.6) is 0 Å². The van der Waals surface area contributed by atoms with Crippen LogP contribution >= 0.6 is 0 Å². The molecule has 1 aliphatic rings. The van der Waals surface area contributed by atoms with Gasteiger partial charge in [-0.15, -0.1) is 0 Å². The summed E-state index contributed by atoms with van der Waals surface area (Å²) in [6.45, 7) is 12.2. The zero-order valence-corrected chi connectivity index (χ0v) is 13.9. The number of anilines is 1. The van der Waals surface area contributed by atoms with E-state index in [4.69, 9.17) is 9.72 Å². The van der Waals surface area contributed by atoms with E-state index in [0.29, 0.717) is 12.1 Å². The molecule has 21 heavy (non-hydrogen) atoms. The summed E-state index contributed by atoms with van der Waals surface area (Å²) in [4.78, 5) is 7.24. The lowest BCUT2D eigenvalue weighted by Crippen LogP contribution is -2.44. The van der Waals surface area contributed by atoms with Crippen LogP contribution in [0.4, 0.5) is 5.82 Å². The minimum atomic E-state index is 0.397. The van der Waals surface area contributed by atoms with Crippen LogP contribution in [0.2, 0.25) is 0 Å². The maximum atomic E-state index is 5.54. The van der Waals surface area contributed by atoms with Crippen molar-refractivity contribution >= 4 is 5.82 Å². The number of hydrogen-bond acceptors (Lipinski definition) is 4. The van der Waals surface area contributed by atoms with Crippen LogP contribution in [0.1, 0.15) is 45.4 Å². The lowest BCUT2D eigenvalue weighted by Gasteiger charge is -2.34. The van der Waals surface area contributed by atoms with Crippen molar-refractivity contribution in [3.8, 4) is 0 Å². The summed E-state index contributed by atoms with van der Waals surface area (Å²) in [5, 5.41) is 3.50. The molecule has 0 saturated carbocycles. The Kier molecular flexibility index (Phi) is 6.00. The summed E-state index contributed by atoms with van der Waals surface area (Å²) in [6, 6.07) is 5.37. The van der Waals surface area contributed by atoms with Crippen molar-refractivity contribution in [2.24, 2.45) is 0 Å². The molecule has 1 atom stereocenters. The van der Waals surface area contributed by atoms with Crippen molar-refractivity contribution in [2.45, 2.75) is 59.2 Å². The van der Waals surface area contributed by atoms with E-state index in [2.05, 4.69) is 50.0 Å². The average Bonchev–Trinajstić information content (AvgIpc) is 2.46. The van der Waals surface area contributed by atoms with Crippen LogP contribution in [-0.2, 0) is 17.7 Å². The van der Waals surface area contributed by atoms with E-state index in [1.165, 1.54) is 11.3 Å². The number of ether oxygens (including phenoxy) is 1. The molecule has 0 spiro atoms. The van der Waals surface area contributed by atoms with Gasteiger partial charge in [0.15, 0.2) is 0 Å². The van der Waals surface area contributed by atoms with Crippen molar-refractivity contribution < 1.29 is 4.74 Å². The molecule has 4 nitrogen and oxygen atoms in total. The Morgan fingerprint density at radius 3 is 2.90 bits per heavy atom. The Balaban J connectivity index is 2.21. The van der Waals surface area contributed by atoms with Gasteiger partial charge >= 0.3 is 0 Å². The molecule has 118 valence electrons. The number of rotatable bonds is 6. The first kappa shape index (κ1) is 16.2. The topological polar surface area (TPSA) is 37.4 Å². The molecule has 1 aromatic heterocycles. The van der Waals surface area contributed by atoms with E-state index in [-0.39, 0.29) is 0 Å². The lowest BCUT2D eigenvalue weighted by molar-refractivity contribution is 0.0985. The summed E-state index contributed by atoms with van der Waals surface area (Å²) >= 11 is 0. The average molecular weight is 291 g/mol. The first-order chi connectivity index (χ1) is 10.1. The minimum absolute atomic E-state index is 0.397. The molecule has 4 heteroatoms. The molecule has 2 rings (SSSR count). The van der Waals surface area contributed by atoms with Crippen molar-refractivity contribution in [2.75, 3.05) is 24.7 Å². The highest BCUT2D eigenvalue weighted by Crippen LogP contribution is 2.20. The van der Waals surface area contributed by atoms with Gasteiger partial charge in [0.25, 0.3) is 0 Å². The monoisotopic (exact) mass is 291 g/mol. The van der Waals surface area contributed by atoms with Gasteiger partial charge in [0.1, 0.15) is 5.82 Å². The molecule has 1 saturated heterocycles. The molecule has 0 bridgehead atoms. The molecule has 1 fully saturated rings. The molecule has 1 aromatic rings. The van der Waals surface area contributed by atoms with Gasteiger partial charge in [-0.1, -0.05) is 27.2 Å². The van der Waals surface area contributed by atoms with Crippen molar-refractivity contribution in [3.63, 3.8) is 0 Å². The van der Waals surface area contributed by atoms with Gasteiger partial charge in [-0.05, 0) is 31.0 Å². The molecule has 0 aromatic carbocycles. The minimum Gasteiger partial charge on any atom is -0.377 e. The number of aromatic nitrogens is 1. The molecule has 0 amide bonds. The zero-order valence-electron chi connectivity index (χ0n) is 13.9. The zero-order chi connectivity index (χ0) is 15.2.